The number of thiocarbonyl (C=S) groups is 1. The normalized spacial score (nSPS) is 19.8. The molecule has 2 aromatic carbocycles. The Bertz CT molecular complexity index is 945. The zero-order valence-electron chi connectivity index (χ0n) is 12.8. The lowest BCUT2D eigenvalue weighted by Gasteiger charge is -2.16. The highest BCUT2D eigenvalue weighted by Crippen LogP contribution is 2.50. The number of carbonyl (C=O) groups excluding carboxylic acids is 1. The first-order valence-corrected chi connectivity index (χ1v) is 9.65. The molecule has 1 amide bonds. The van der Waals surface area contributed by atoms with Gasteiger partial charge in [0, 0.05) is 17.0 Å². The third-order valence-corrected chi connectivity index (χ3v) is 6.80. The molecule has 8 heteroatoms. The molecule has 0 aromatic heterocycles. The fourth-order valence-corrected chi connectivity index (χ4v) is 5.40. The summed E-state index contributed by atoms with van der Waals surface area (Å²) < 4.78 is 13.6. The minimum absolute atomic E-state index is 0.199. The van der Waals surface area contributed by atoms with Gasteiger partial charge in [0.15, 0.2) is 4.32 Å². The Labute approximate surface area is 162 Å². The molecule has 126 valence electrons. The zero-order valence-corrected chi connectivity index (χ0v) is 16.0. The molecule has 25 heavy (non-hydrogen) atoms. The lowest BCUT2D eigenvalue weighted by molar-refractivity contribution is -0.113. The number of amides is 1. The van der Waals surface area contributed by atoms with Crippen molar-refractivity contribution in [2.45, 2.75) is 4.90 Å². The van der Waals surface area contributed by atoms with Gasteiger partial charge in [0.05, 0.1) is 16.4 Å². The second kappa shape index (κ2) is 6.32. The summed E-state index contributed by atoms with van der Waals surface area (Å²) in [5.74, 6) is -0.555. The summed E-state index contributed by atoms with van der Waals surface area (Å²) in [5.41, 5.74) is 1.52. The third kappa shape index (κ3) is 2.85. The third-order valence-electron chi connectivity index (χ3n) is 3.84. The van der Waals surface area contributed by atoms with Gasteiger partial charge in [-0.15, -0.1) is 0 Å². The van der Waals surface area contributed by atoms with Gasteiger partial charge in [-0.1, -0.05) is 47.3 Å². The number of hydrogen-bond donors (Lipinski definition) is 0. The molecule has 0 spiro atoms. The van der Waals surface area contributed by atoms with E-state index in [4.69, 9.17) is 23.8 Å². The first-order chi connectivity index (χ1) is 12.0. The summed E-state index contributed by atoms with van der Waals surface area (Å²) >= 11 is 14.2. The van der Waals surface area contributed by atoms with Crippen molar-refractivity contribution in [3.63, 3.8) is 0 Å². The van der Waals surface area contributed by atoms with Crippen LogP contribution in [0.2, 0.25) is 5.02 Å². The number of carbonyl (C=O) groups is 1. The van der Waals surface area contributed by atoms with E-state index in [1.54, 1.807) is 12.1 Å². The van der Waals surface area contributed by atoms with Crippen LogP contribution in [0, 0.1) is 5.82 Å². The van der Waals surface area contributed by atoms with Crippen molar-refractivity contribution >= 4 is 68.9 Å². The number of fused-ring (bicyclic) bond motifs is 1. The van der Waals surface area contributed by atoms with Gasteiger partial charge in [0.1, 0.15) is 10.7 Å². The van der Waals surface area contributed by atoms with Crippen molar-refractivity contribution in [1.29, 1.82) is 0 Å². The average molecular weight is 409 g/mol. The van der Waals surface area contributed by atoms with Gasteiger partial charge < -0.3 is 4.90 Å². The summed E-state index contributed by atoms with van der Waals surface area (Å²) in [4.78, 5) is 17.9. The van der Waals surface area contributed by atoms with Crippen molar-refractivity contribution in [3.8, 4) is 0 Å². The summed E-state index contributed by atoms with van der Waals surface area (Å²) in [6.45, 7) is 0. The van der Waals surface area contributed by atoms with Crippen molar-refractivity contribution < 1.29 is 9.18 Å². The molecule has 2 aliphatic heterocycles. The topological polar surface area (TPSA) is 23.6 Å². The van der Waals surface area contributed by atoms with E-state index in [2.05, 4.69) is 0 Å². The van der Waals surface area contributed by atoms with E-state index in [0.29, 0.717) is 19.9 Å². The maximum absolute atomic E-state index is 13.2. The summed E-state index contributed by atoms with van der Waals surface area (Å²) in [6.07, 6.45) is 0. The lowest BCUT2D eigenvalue weighted by atomic mass is 10.3. The largest absolute Gasteiger partial charge is 0.337 e. The number of benzene rings is 2. The minimum Gasteiger partial charge on any atom is -0.337 e. The van der Waals surface area contributed by atoms with Crippen LogP contribution < -0.4 is 9.80 Å². The van der Waals surface area contributed by atoms with E-state index in [9.17, 15) is 9.18 Å². The molecule has 0 saturated carbocycles. The molecular weight excluding hydrogens is 399 g/mol. The molecule has 0 atom stereocenters. The Morgan fingerprint density at radius 1 is 1.12 bits per heavy atom. The minimum atomic E-state index is -0.356. The van der Waals surface area contributed by atoms with E-state index in [0.717, 1.165) is 15.6 Å². The molecule has 4 rings (SSSR count). The molecule has 1 fully saturated rings. The second-order valence-corrected chi connectivity index (χ2v) is 8.50. The van der Waals surface area contributed by atoms with Crippen molar-refractivity contribution in [2.24, 2.45) is 0 Å². The van der Waals surface area contributed by atoms with Crippen LogP contribution >= 0.6 is 47.3 Å². The molecule has 0 radical (unpaired) electrons. The maximum Gasteiger partial charge on any atom is 0.273 e. The molecule has 0 N–H and O–H groups in total. The number of thioether (sulfide) groups is 2. The van der Waals surface area contributed by atoms with E-state index in [1.807, 2.05) is 30.1 Å². The van der Waals surface area contributed by atoms with Crippen LogP contribution in [-0.4, -0.2) is 17.3 Å². The van der Waals surface area contributed by atoms with E-state index < -0.39 is 0 Å². The number of anilines is 2. The molecule has 0 aliphatic carbocycles. The fourth-order valence-electron chi connectivity index (χ4n) is 2.63. The Hall–Kier alpha value is -1.54. The zero-order chi connectivity index (χ0) is 17.7. The highest BCUT2D eigenvalue weighted by molar-refractivity contribution is 8.27. The van der Waals surface area contributed by atoms with Crippen LogP contribution in [-0.2, 0) is 4.79 Å². The van der Waals surface area contributed by atoms with E-state index >= 15 is 0 Å². The van der Waals surface area contributed by atoms with E-state index in [1.165, 1.54) is 40.6 Å². The van der Waals surface area contributed by atoms with Crippen molar-refractivity contribution in [1.82, 2.24) is 0 Å². The van der Waals surface area contributed by atoms with Crippen LogP contribution in [0.3, 0.4) is 0 Å². The Balaban J connectivity index is 1.73. The molecule has 0 unspecified atom stereocenters. The Kier molecular flexibility index (Phi) is 4.27. The number of nitrogens with zero attached hydrogens (tertiary/aromatic N) is 2. The number of halogens is 2. The number of hydrogen-bond acceptors (Lipinski definition) is 5. The first-order valence-electron chi connectivity index (χ1n) is 7.23. The van der Waals surface area contributed by atoms with Crippen LogP contribution in [0.25, 0.3) is 0 Å². The SMILES string of the molecule is CN1C(=C2SC(=S)N(c3ccc(F)cc3)C2=O)Sc2ccc(Cl)cc21. The van der Waals surface area contributed by atoms with Crippen molar-refractivity contribution in [2.75, 3.05) is 16.8 Å². The van der Waals surface area contributed by atoms with Gasteiger partial charge in [0.2, 0.25) is 0 Å². The molecule has 1 saturated heterocycles. The predicted molar refractivity (Wildman–Crippen MR) is 107 cm³/mol. The molecule has 3 nitrogen and oxygen atoms in total. The second-order valence-electron chi connectivity index (χ2n) is 5.39. The van der Waals surface area contributed by atoms with Gasteiger partial charge in [0.25, 0.3) is 5.91 Å². The van der Waals surface area contributed by atoms with Crippen molar-refractivity contribution in [3.05, 3.63) is 63.2 Å². The maximum atomic E-state index is 13.2. The predicted octanol–water partition coefficient (Wildman–Crippen LogP) is 5.26. The quantitative estimate of drug-likeness (QED) is 0.473. The first kappa shape index (κ1) is 16.9. The van der Waals surface area contributed by atoms with Gasteiger partial charge in [-0.2, -0.15) is 0 Å². The number of rotatable bonds is 1. The van der Waals surface area contributed by atoms with Gasteiger partial charge in [-0.25, -0.2) is 4.39 Å². The van der Waals surface area contributed by atoms with Gasteiger partial charge in [-0.3, -0.25) is 9.69 Å². The van der Waals surface area contributed by atoms with Crippen LogP contribution in [0.15, 0.2) is 57.3 Å². The van der Waals surface area contributed by atoms with Crippen LogP contribution in [0.1, 0.15) is 0 Å². The highest BCUT2D eigenvalue weighted by Gasteiger charge is 2.39. The lowest BCUT2D eigenvalue weighted by Crippen LogP contribution is -2.28. The smallest absolute Gasteiger partial charge is 0.273 e. The average Bonchev–Trinajstić information content (AvgIpc) is 3.06. The van der Waals surface area contributed by atoms with Crippen LogP contribution in [0.5, 0.6) is 0 Å². The molecule has 2 aromatic rings. The molecule has 0 bridgehead atoms. The van der Waals surface area contributed by atoms with E-state index in [-0.39, 0.29) is 11.7 Å². The summed E-state index contributed by atoms with van der Waals surface area (Å²) in [5, 5.41) is 1.46. The standard InChI is InChI=1S/C17H10ClFN2OS3/c1-20-12-8-9(18)2-7-13(12)24-16(20)14-15(22)21(17(23)25-14)11-5-3-10(19)4-6-11/h2-8H,1H3. The summed E-state index contributed by atoms with van der Waals surface area (Å²) in [6, 6.07) is 11.4. The fraction of sp³-hybridized carbons (Fsp3) is 0.0588. The van der Waals surface area contributed by atoms with Crippen LogP contribution in [0.4, 0.5) is 15.8 Å². The summed E-state index contributed by atoms with van der Waals surface area (Å²) in [7, 11) is 1.90. The van der Waals surface area contributed by atoms with Gasteiger partial charge in [-0.05, 0) is 42.5 Å². The Morgan fingerprint density at radius 3 is 2.56 bits per heavy atom. The molecule has 2 heterocycles. The molecular formula is C17H10ClFN2OS3. The monoisotopic (exact) mass is 408 g/mol. The molecule has 2 aliphatic rings. The van der Waals surface area contributed by atoms with Gasteiger partial charge >= 0.3 is 0 Å². The highest BCUT2D eigenvalue weighted by atomic mass is 35.5. The Morgan fingerprint density at radius 2 is 1.84 bits per heavy atom.